The lowest BCUT2D eigenvalue weighted by Crippen LogP contribution is -2.51. The Hall–Kier alpha value is -2.46. The van der Waals surface area contributed by atoms with E-state index in [0.29, 0.717) is 26.1 Å². The number of hydrogen-bond donors (Lipinski definition) is 2. The highest BCUT2D eigenvalue weighted by molar-refractivity contribution is 7.89. The number of rotatable bonds is 13. The molecule has 2 N–H and O–H groups in total. The third kappa shape index (κ3) is 8.53. The molecule has 2 aromatic rings. The van der Waals surface area contributed by atoms with E-state index < -0.39 is 28.3 Å². The Balaban J connectivity index is 1.82. The van der Waals surface area contributed by atoms with Gasteiger partial charge in [-0.2, -0.15) is 4.31 Å². The smallest absolute Gasteiger partial charge is 0.407 e. The molecule has 9 heteroatoms. The molecule has 8 nitrogen and oxygen atoms in total. The molecule has 2 aromatic carbocycles. The number of nitrogens with one attached hydrogen (secondary N) is 1. The highest BCUT2D eigenvalue weighted by Gasteiger charge is 2.32. The van der Waals surface area contributed by atoms with Gasteiger partial charge in [-0.25, -0.2) is 13.2 Å². The summed E-state index contributed by atoms with van der Waals surface area (Å²) in [5, 5.41) is 14.1. The molecule has 0 saturated carbocycles. The molecule has 1 heterocycles. The Morgan fingerprint density at radius 1 is 1.11 bits per heavy atom. The second-order valence-electron chi connectivity index (χ2n) is 9.73. The third-order valence-electron chi connectivity index (χ3n) is 6.80. The van der Waals surface area contributed by atoms with Crippen LogP contribution in [0.1, 0.15) is 44.7 Å². The lowest BCUT2D eigenvalue weighted by Gasteiger charge is -2.31. The minimum absolute atomic E-state index is 0.0877. The maximum atomic E-state index is 13.6. The molecule has 0 aromatic heterocycles. The van der Waals surface area contributed by atoms with E-state index in [4.69, 9.17) is 9.47 Å². The van der Waals surface area contributed by atoms with Crippen molar-refractivity contribution in [2.24, 2.45) is 5.92 Å². The van der Waals surface area contributed by atoms with E-state index in [0.717, 1.165) is 24.0 Å². The molecule has 1 aliphatic heterocycles. The molecule has 37 heavy (non-hydrogen) atoms. The number of alkyl carbamates (subject to hydrolysis) is 1. The SMILES string of the molecule is CCc1ccc(S(=O)(=O)N(C[C@@H](C)CC)C[C@@H](O)[C@H](Cc2ccccc2)NC(=O)O[C@H]2CCOC2)cc1. The zero-order chi connectivity index (χ0) is 26.8. The number of carbonyl (C=O) groups is 1. The van der Waals surface area contributed by atoms with Crippen molar-refractivity contribution in [1.29, 1.82) is 0 Å². The Bertz CT molecular complexity index is 1070. The van der Waals surface area contributed by atoms with Gasteiger partial charge in [0, 0.05) is 19.5 Å². The van der Waals surface area contributed by atoms with Gasteiger partial charge in [0.2, 0.25) is 10.0 Å². The average molecular weight is 533 g/mol. The van der Waals surface area contributed by atoms with Crippen LogP contribution in [0.15, 0.2) is 59.5 Å². The van der Waals surface area contributed by atoms with Gasteiger partial charge in [0.05, 0.1) is 30.3 Å². The number of hydrogen-bond acceptors (Lipinski definition) is 6. The standard InChI is InChI=1S/C28H40N2O6S/c1-4-21(3)18-30(37(33,34)25-13-11-22(5-2)12-14-25)19-27(31)26(17-23-9-7-6-8-10-23)29-28(32)36-24-15-16-35-20-24/h6-14,21,24,26-27,31H,4-5,15-20H2,1-3H3,(H,29,32)/t21-,24-,26-,27+/m0/s1. The number of aliphatic hydroxyl groups excluding tert-OH is 1. The van der Waals surface area contributed by atoms with Crippen molar-refractivity contribution >= 4 is 16.1 Å². The van der Waals surface area contributed by atoms with Crippen molar-refractivity contribution in [3.8, 4) is 0 Å². The molecule has 4 atom stereocenters. The number of ether oxygens (including phenoxy) is 2. The van der Waals surface area contributed by atoms with Crippen LogP contribution in [0.5, 0.6) is 0 Å². The number of amides is 1. The first-order valence-electron chi connectivity index (χ1n) is 13.1. The van der Waals surface area contributed by atoms with Gasteiger partial charge in [-0.05, 0) is 42.0 Å². The van der Waals surface area contributed by atoms with Crippen LogP contribution in [0.4, 0.5) is 4.79 Å². The molecule has 0 unspecified atom stereocenters. The number of aliphatic hydroxyl groups is 1. The molecular weight excluding hydrogens is 492 g/mol. The Morgan fingerprint density at radius 2 is 1.81 bits per heavy atom. The van der Waals surface area contributed by atoms with E-state index >= 15 is 0 Å². The summed E-state index contributed by atoms with van der Waals surface area (Å²) in [5.41, 5.74) is 1.95. The van der Waals surface area contributed by atoms with Crippen molar-refractivity contribution in [2.45, 2.75) is 69.6 Å². The van der Waals surface area contributed by atoms with Gasteiger partial charge in [-0.3, -0.25) is 0 Å². The fourth-order valence-electron chi connectivity index (χ4n) is 4.22. The predicted octanol–water partition coefficient (Wildman–Crippen LogP) is 3.77. The molecule has 3 rings (SSSR count). The number of benzene rings is 2. The Labute approximate surface area is 221 Å². The molecule has 204 valence electrons. The number of carbonyl (C=O) groups excluding carboxylic acids is 1. The van der Waals surface area contributed by atoms with Gasteiger partial charge in [0.25, 0.3) is 0 Å². The van der Waals surface area contributed by atoms with Gasteiger partial charge in [0.15, 0.2) is 0 Å². The summed E-state index contributed by atoms with van der Waals surface area (Å²) in [6.07, 6.45) is 0.396. The van der Waals surface area contributed by atoms with Gasteiger partial charge in [0.1, 0.15) is 6.10 Å². The second kappa shape index (κ2) is 13.9. The first-order chi connectivity index (χ1) is 17.7. The van der Waals surface area contributed by atoms with Crippen LogP contribution in [-0.2, 0) is 32.3 Å². The maximum Gasteiger partial charge on any atom is 0.407 e. The summed E-state index contributed by atoms with van der Waals surface area (Å²) in [6.45, 7) is 6.98. The summed E-state index contributed by atoms with van der Waals surface area (Å²) < 4.78 is 39.3. The molecule has 1 aliphatic rings. The van der Waals surface area contributed by atoms with E-state index in [1.165, 1.54) is 4.31 Å². The maximum absolute atomic E-state index is 13.6. The van der Waals surface area contributed by atoms with E-state index in [1.54, 1.807) is 12.1 Å². The van der Waals surface area contributed by atoms with E-state index in [2.05, 4.69) is 5.32 Å². The summed E-state index contributed by atoms with van der Waals surface area (Å²) >= 11 is 0. The monoisotopic (exact) mass is 532 g/mol. The largest absolute Gasteiger partial charge is 0.444 e. The molecule has 0 spiro atoms. The van der Waals surface area contributed by atoms with Crippen molar-refractivity contribution in [3.63, 3.8) is 0 Å². The summed E-state index contributed by atoms with van der Waals surface area (Å²) in [4.78, 5) is 12.8. The summed E-state index contributed by atoms with van der Waals surface area (Å²) in [5.74, 6) is 0.0877. The van der Waals surface area contributed by atoms with Crippen LogP contribution in [0.25, 0.3) is 0 Å². The third-order valence-corrected chi connectivity index (χ3v) is 8.65. The summed E-state index contributed by atoms with van der Waals surface area (Å²) in [6, 6.07) is 15.6. The molecule has 0 radical (unpaired) electrons. The second-order valence-corrected chi connectivity index (χ2v) is 11.7. The zero-order valence-electron chi connectivity index (χ0n) is 22.0. The van der Waals surface area contributed by atoms with Gasteiger partial charge in [-0.15, -0.1) is 0 Å². The Morgan fingerprint density at radius 3 is 2.41 bits per heavy atom. The molecule has 0 bridgehead atoms. The summed E-state index contributed by atoms with van der Waals surface area (Å²) in [7, 11) is -3.87. The normalized spacial score (nSPS) is 18.4. The van der Waals surface area contributed by atoms with E-state index in [9.17, 15) is 18.3 Å². The molecule has 1 amide bonds. The lowest BCUT2D eigenvalue weighted by atomic mass is 10.0. The number of nitrogens with zero attached hydrogens (tertiary/aromatic N) is 1. The highest BCUT2D eigenvalue weighted by atomic mass is 32.2. The fourth-order valence-corrected chi connectivity index (χ4v) is 5.80. The zero-order valence-corrected chi connectivity index (χ0v) is 22.8. The highest BCUT2D eigenvalue weighted by Crippen LogP contribution is 2.21. The van der Waals surface area contributed by atoms with Crippen molar-refractivity contribution < 1.29 is 27.8 Å². The van der Waals surface area contributed by atoms with Crippen molar-refractivity contribution in [2.75, 3.05) is 26.3 Å². The molecule has 1 fully saturated rings. The molecular formula is C28H40N2O6S. The quantitative estimate of drug-likeness (QED) is 0.407. The lowest BCUT2D eigenvalue weighted by molar-refractivity contribution is 0.0642. The van der Waals surface area contributed by atoms with Crippen molar-refractivity contribution in [1.82, 2.24) is 9.62 Å². The van der Waals surface area contributed by atoms with E-state index in [1.807, 2.05) is 63.2 Å². The first kappa shape index (κ1) is 29.1. The van der Waals surface area contributed by atoms with Crippen molar-refractivity contribution in [3.05, 3.63) is 65.7 Å². The van der Waals surface area contributed by atoms with Crippen LogP contribution >= 0.6 is 0 Å². The van der Waals surface area contributed by atoms with Crippen LogP contribution in [0, 0.1) is 5.92 Å². The van der Waals surface area contributed by atoms with Gasteiger partial charge < -0.3 is 19.9 Å². The number of aryl methyl sites for hydroxylation is 1. The minimum atomic E-state index is -3.87. The minimum Gasteiger partial charge on any atom is -0.444 e. The average Bonchev–Trinajstić information content (AvgIpc) is 3.41. The van der Waals surface area contributed by atoms with Gasteiger partial charge in [-0.1, -0.05) is 69.7 Å². The van der Waals surface area contributed by atoms with Gasteiger partial charge >= 0.3 is 6.09 Å². The fraction of sp³-hybridized carbons (Fsp3) is 0.536. The molecule has 1 saturated heterocycles. The predicted molar refractivity (Wildman–Crippen MR) is 143 cm³/mol. The number of sulfonamides is 1. The first-order valence-corrected chi connectivity index (χ1v) is 14.5. The van der Waals surface area contributed by atoms with E-state index in [-0.39, 0.29) is 30.0 Å². The van der Waals surface area contributed by atoms with Crippen LogP contribution in [-0.4, -0.2) is 68.5 Å². The topological polar surface area (TPSA) is 105 Å². The molecule has 0 aliphatic carbocycles. The Kier molecular flexibility index (Phi) is 10.9. The van der Waals surface area contributed by atoms with Crippen LogP contribution in [0.3, 0.4) is 0 Å². The van der Waals surface area contributed by atoms with Crippen LogP contribution < -0.4 is 5.32 Å². The van der Waals surface area contributed by atoms with Crippen LogP contribution in [0.2, 0.25) is 0 Å².